The van der Waals surface area contributed by atoms with Crippen LogP contribution in [0.2, 0.25) is 0 Å². The maximum atomic E-state index is 5.80. The van der Waals surface area contributed by atoms with Gasteiger partial charge in [-0.2, -0.15) is 11.8 Å². The summed E-state index contributed by atoms with van der Waals surface area (Å²) in [7, 11) is 0. The zero-order chi connectivity index (χ0) is 10.5. The Morgan fingerprint density at radius 3 is 3.20 bits per heavy atom. The summed E-state index contributed by atoms with van der Waals surface area (Å²) in [5.74, 6) is 1.30. The second-order valence-corrected chi connectivity index (χ2v) is 5.24. The molecule has 0 aliphatic carbocycles. The van der Waals surface area contributed by atoms with Crippen LogP contribution in [0.15, 0.2) is 18.5 Å². The highest BCUT2D eigenvalue weighted by molar-refractivity contribution is 7.99. The van der Waals surface area contributed by atoms with Gasteiger partial charge in [0.1, 0.15) is 0 Å². The Bertz CT molecular complexity index is 310. The highest BCUT2D eigenvalue weighted by Crippen LogP contribution is 2.26. The number of nitrogens with one attached hydrogen (secondary N) is 1. The van der Waals surface area contributed by atoms with Crippen LogP contribution in [0, 0.1) is 0 Å². The van der Waals surface area contributed by atoms with E-state index in [4.69, 9.17) is 5.73 Å². The highest BCUT2D eigenvalue weighted by Gasteiger charge is 2.13. The lowest BCUT2D eigenvalue weighted by Crippen LogP contribution is -2.20. The Morgan fingerprint density at radius 1 is 1.53 bits per heavy atom. The first-order valence-corrected chi connectivity index (χ1v) is 6.46. The summed E-state index contributed by atoms with van der Waals surface area (Å²) in [6.07, 6.45) is 7.52. The summed E-state index contributed by atoms with van der Waals surface area (Å²) < 4.78 is 0. The van der Waals surface area contributed by atoms with Gasteiger partial charge in [-0.15, -0.1) is 0 Å². The van der Waals surface area contributed by atoms with E-state index in [9.17, 15) is 0 Å². The van der Waals surface area contributed by atoms with Gasteiger partial charge in [0.2, 0.25) is 0 Å². The summed E-state index contributed by atoms with van der Waals surface area (Å²) in [6, 6.07) is 1.93. The Kier molecular flexibility index (Phi) is 3.72. The van der Waals surface area contributed by atoms with Crippen molar-refractivity contribution in [3.63, 3.8) is 0 Å². The minimum Gasteiger partial charge on any atom is -0.396 e. The maximum absolute atomic E-state index is 5.80. The van der Waals surface area contributed by atoms with E-state index in [2.05, 4.69) is 22.1 Å². The molecule has 82 valence electrons. The highest BCUT2D eigenvalue weighted by atomic mass is 32.2. The molecule has 1 aromatic heterocycles. The number of anilines is 2. The normalized spacial score (nSPS) is 21.2. The SMILES string of the molecule is Nc1cnccc1NCC1CCCCS1. The van der Waals surface area contributed by atoms with Gasteiger partial charge in [-0.1, -0.05) is 6.42 Å². The van der Waals surface area contributed by atoms with Crippen molar-refractivity contribution in [3.05, 3.63) is 18.5 Å². The van der Waals surface area contributed by atoms with Crippen molar-refractivity contribution in [1.82, 2.24) is 4.98 Å². The van der Waals surface area contributed by atoms with Gasteiger partial charge in [0, 0.05) is 18.0 Å². The second-order valence-electron chi connectivity index (χ2n) is 3.83. The summed E-state index contributed by atoms with van der Waals surface area (Å²) >= 11 is 2.07. The topological polar surface area (TPSA) is 50.9 Å². The average Bonchev–Trinajstić information content (AvgIpc) is 2.29. The van der Waals surface area contributed by atoms with E-state index in [0.29, 0.717) is 0 Å². The van der Waals surface area contributed by atoms with Crippen LogP contribution in [0.1, 0.15) is 19.3 Å². The molecular formula is C11H17N3S. The monoisotopic (exact) mass is 223 g/mol. The zero-order valence-corrected chi connectivity index (χ0v) is 9.59. The first kappa shape index (κ1) is 10.6. The molecular weight excluding hydrogens is 206 g/mol. The average molecular weight is 223 g/mol. The van der Waals surface area contributed by atoms with Crippen molar-refractivity contribution >= 4 is 23.1 Å². The standard InChI is InChI=1S/C11H17N3S/c12-10-8-13-5-4-11(10)14-7-9-3-1-2-6-15-9/h4-5,8-9H,1-3,6-7,12H2,(H,13,14). The summed E-state index contributed by atoms with van der Waals surface area (Å²) in [6.45, 7) is 1.01. The molecule has 3 N–H and O–H groups in total. The van der Waals surface area contributed by atoms with Crippen LogP contribution in [0.4, 0.5) is 11.4 Å². The van der Waals surface area contributed by atoms with Gasteiger partial charge in [-0.3, -0.25) is 4.98 Å². The lowest BCUT2D eigenvalue weighted by Gasteiger charge is -2.22. The third kappa shape index (κ3) is 3.02. The van der Waals surface area contributed by atoms with Crippen molar-refractivity contribution in [2.75, 3.05) is 23.3 Å². The first-order valence-electron chi connectivity index (χ1n) is 5.41. The third-order valence-corrected chi connectivity index (χ3v) is 4.04. The number of hydrogen-bond donors (Lipinski definition) is 2. The number of nitrogen functional groups attached to an aromatic ring is 1. The van der Waals surface area contributed by atoms with Crippen molar-refractivity contribution in [1.29, 1.82) is 0 Å². The molecule has 3 nitrogen and oxygen atoms in total. The van der Waals surface area contributed by atoms with Crippen molar-refractivity contribution in [2.24, 2.45) is 0 Å². The molecule has 4 heteroatoms. The Hall–Kier alpha value is -0.900. The molecule has 0 aromatic carbocycles. The van der Waals surface area contributed by atoms with Crippen LogP contribution in [0.25, 0.3) is 0 Å². The molecule has 2 heterocycles. The van der Waals surface area contributed by atoms with Gasteiger partial charge in [-0.05, 0) is 24.7 Å². The van der Waals surface area contributed by atoms with E-state index in [1.54, 1.807) is 12.4 Å². The van der Waals surface area contributed by atoms with Gasteiger partial charge in [-0.25, -0.2) is 0 Å². The fraction of sp³-hybridized carbons (Fsp3) is 0.545. The summed E-state index contributed by atoms with van der Waals surface area (Å²) in [4.78, 5) is 3.97. The van der Waals surface area contributed by atoms with Gasteiger partial charge in [0.25, 0.3) is 0 Å². The van der Waals surface area contributed by atoms with E-state index in [0.717, 1.165) is 23.2 Å². The third-order valence-electron chi connectivity index (χ3n) is 2.65. The molecule has 0 bridgehead atoms. The molecule has 0 saturated carbocycles. The summed E-state index contributed by atoms with van der Waals surface area (Å²) in [5.41, 5.74) is 7.55. The zero-order valence-electron chi connectivity index (χ0n) is 8.78. The van der Waals surface area contributed by atoms with Crippen molar-refractivity contribution in [3.8, 4) is 0 Å². The van der Waals surface area contributed by atoms with Gasteiger partial charge in [0.15, 0.2) is 0 Å². The summed E-state index contributed by atoms with van der Waals surface area (Å²) in [5, 5.41) is 4.14. The van der Waals surface area contributed by atoms with E-state index in [1.165, 1.54) is 25.0 Å². The molecule has 0 radical (unpaired) electrons. The number of nitrogens with two attached hydrogens (primary N) is 1. The first-order chi connectivity index (χ1) is 7.36. The van der Waals surface area contributed by atoms with Crippen LogP contribution in [-0.4, -0.2) is 22.5 Å². The molecule has 15 heavy (non-hydrogen) atoms. The van der Waals surface area contributed by atoms with Crippen LogP contribution in [0.5, 0.6) is 0 Å². The molecule has 1 aliphatic rings. The van der Waals surface area contributed by atoms with E-state index in [1.807, 2.05) is 6.07 Å². The van der Waals surface area contributed by atoms with Crippen molar-refractivity contribution < 1.29 is 0 Å². The number of pyridine rings is 1. The molecule has 1 saturated heterocycles. The smallest absolute Gasteiger partial charge is 0.0736 e. The second kappa shape index (κ2) is 5.26. The predicted octanol–water partition coefficient (Wildman–Crippen LogP) is 2.36. The number of nitrogens with zero attached hydrogens (tertiary/aromatic N) is 1. The number of rotatable bonds is 3. The molecule has 1 aliphatic heterocycles. The van der Waals surface area contributed by atoms with Crippen LogP contribution < -0.4 is 11.1 Å². The molecule has 2 rings (SSSR count). The number of aromatic nitrogens is 1. The fourth-order valence-corrected chi connectivity index (χ4v) is 3.00. The van der Waals surface area contributed by atoms with Gasteiger partial charge < -0.3 is 11.1 Å². The van der Waals surface area contributed by atoms with Crippen LogP contribution in [0.3, 0.4) is 0 Å². The fourth-order valence-electron chi connectivity index (χ4n) is 1.76. The molecule has 1 aromatic rings. The number of hydrogen-bond acceptors (Lipinski definition) is 4. The Balaban J connectivity index is 1.84. The maximum Gasteiger partial charge on any atom is 0.0736 e. The van der Waals surface area contributed by atoms with Crippen molar-refractivity contribution in [2.45, 2.75) is 24.5 Å². The molecule has 0 amide bonds. The van der Waals surface area contributed by atoms with Crippen LogP contribution in [-0.2, 0) is 0 Å². The molecule has 1 atom stereocenters. The van der Waals surface area contributed by atoms with E-state index >= 15 is 0 Å². The lowest BCUT2D eigenvalue weighted by atomic mass is 10.2. The minimum atomic E-state index is 0.735. The Morgan fingerprint density at radius 2 is 2.47 bits per heavy atom. The molecule has 1 fully saturated rings. The molecule has 1 unspecified atom stereocenters. The molecule has 0 spiro atoms. The predicted molar refractivity (Wildman–Crippen MR) is 67.2 cm³/mol. The van der Waals surface area contributed by atoms with Gasteiger partial charge >= 0.3 is 0 Å². The number of thioether (sulfide) groups is 1. The van der Waals surface area contributed by atoms with Crippen LogP contribution >= 0.6 is 11.8 Å². The Labute approximate surface area is 94.8 Å². The van der Waals surface area contributed by atoms with Gasteiger partial charge in [0.05, 0.1) is 17.6 Å². The quantitative estimate of drug-likeness (QED) is 0.826. The largest absolute Gasteiger partial charge is 0.396 e. The minimum absolute atomic E-state index is 0.735. The lowest BCUT2D eigenvalue weighted by molar-refractivity contribution is 0.677. The van der Waals surface area contributed by atoms with E-state index < -0.39 is 0 Å². The van der Waals surface area contributed by atoms with E-state index in [-0.39, 0.29) is 0 Å².